The summed E-state index contributed by atoms with van der Waals surface area (Å²) < 4.78 is 0. The van der Waals surface area contributed by atoms with Gasteiger partial charge in [-0.2, -0.15) is 0 Å². The molecule has 0 heterocycles. The molecule has 0 saturated carbocycles. The van der Waals surface area contributed by atoms with E-state index in [1.165, 1.54) is 0 Å². The van der Waals surface area contributed by atoms with Gasteiger partial charge in [0, 0.05) is 24.0 Å². The molecule has 0 unspecified atom stereocenters. The van der Waals surface area contributed by atoms with Crippen molar-refractivity contribution in [3.63, 3.8) is 0 Å². The second-order valence-electron chi connectivity index (χ2n) is 5.49. The van der Waals surface area contributed by atoms with Crippen molar-refractivity contribution in [1.82, 2.24) is 0 Å². The number of rotatable bonds is 6. The molecule has 2 aromatic rings. The zero-order chi connectivity index (χ0) is 15.9. The van der Waals surface area contributed by atoms with Gasteiger partial charge in [0.2, 0.25) is 0 Å². The van der Waals surface area contributed by atoms with Crippen LogP contribution in [0.4, 0.5) is 0 Å². The highest BCUT2D eigenvalue weighted by Crippen LogP contribution is 2.17. The summed E-state index contributed by atoms with van der Waals surface area (Å²) in [5.74, 6) is 0.175. The molecule has 2 aromatic carbocycles. The Kier molecular flexibility index (Phi) is 5.42. The average molecular weight is 292 g/mol. The Morgan fingerprint density at radius 2 is 0.955 bits per heavy atom. The maximum absolute atomic E-state index is 12.2. The van der Waals surface area contributed by atoms with E-state index in [2.05, 4.69) is 0 Å². The van der Waals surface area contributed by atoms with Gasteiger partial charge in [-0.25, -0.2) is 0 Å². The van der Waals surface area contributed by atoms with Gasteiger partial charge in [-0.05, 0) is 13.8 Å². The molecule has 0 saturated heterocycles. The average Bonchev–Trinajstić information content (AvgIpc) is 2.56. The fourth-order valence-corrected chi connectivity index (χ4v) is 2.24. The first kappa shape index (κ1) is 15.9. The molecule has 2 nitrogen and oxygen atoms in total. The molecule has 2 rings (SSSR count). The molecule has 0 spiro atoms. The number of benzene rings is 2. The van der Waals surface area contributed by atoms with Crippen LogP contribution in [0.3, 0.4) is 0 Å². The SMILES string of the molecule is CC(CC(=O)c1ccccc1)=C(C)CC(=O)c1ccccc1. The molecule has 0 N–H and O–H groups in total. The second kappa shape index (κ2) is 7.51. The van der Waals surface area contributed by atoms with Gasteiger partial charge in [0.15, 0.2) is 11.6 Å². The Labute approximate surface area is 131 Å². The van der Waals surface area contributed by atoms with Crippen LogP contribution in [0.5, 0.6) is 0 Å². The Morgan fingerprint density at radius 1 is 0.636 bits per heavy atom. The van der Waals surface area contributed by atoms with Crippen LogP contribution in [-0.2, 0) is 0 Å². The van der Waals surface area contributed by atoms with Gasteiger partial charge in [0.25, 0.3) is 0 Å². The maximum atomic E-state index is 12.2. The summed E-state index contributed by atoms with van der Waals surface area (Å²) in [7, 11) is 0. The summed E-state index contributed by atoms with van der Waals surface area (Å²) in [5, 5.41) is 0. The molecular weight excluding hydrogens is 272 g/mol. The largest absolute Gasteiger partial charge is 0.294 e. The third-order valence-corrected chi connectivity index (χ3v) is 3.77. The summed E-state index contributed by atoms with van der Waals surface area (Å²) in [6.45, 7) is 3.85. The molecule has 0 aliphatic carbocycles. The standard InChI is InChI=1S/C20H20O2/c1-15(13-19(21)17-9-5-3-6-10-17)16(2)14-20(22)18-11-7-4-8-12-18/h3-12H,13-14H2,1-2H3. The fraction of sp³-hybridized carbons (Fsp3) is 0.200. The molecule has 0 aromatic heterocycles. The lowest BCUT2D eigenvalue weighted by molar-refractivity contribution is 0.0979. The highest BCUT2D eigenvalue weighted by atomic mass is 16.1. The Morgan fingerprint density at radius 3 is 1.27 bits per heavy atom. The minimum atomic E-state index is 0.0876. The molecule has 0 radical (unpaired) electrons. The van der Waals surface area contributed by atoms with E-state index in [0.717, 1.165) is 11.1 Å². The maximum Gasteiger partial charge on any atom is 0.166 e. The van der Waals surface area contributed by atoms with Crippen molar-refractivity contribution in [2.75, 3.05) is 0 Å². The first-order valence-electron chi connectivity index (χ1n) is 7.39. The molecule has 0 bridgehead atoms. The van der Waals surface area contributed by atoms with Crippen LogP contribution in [0.2, 0.25) is 0 Å². The normalized spacial score (nSPS) is 11.7. The number of Topliss-reactive ketones (excluding diaryl/α,β-unsaturated/α-hetero) is 2. The predicted octanol–water partition coefficient (Wildman–Crippen LogP) is 4.87. The van der Waals surface area contributed by atoms with Gasteiger partial charge in [-0.3, -0.25) is 9.59 Å². The molecule has 0 fully saturated rings. The lowest BCUT2D eigenvalue weighted by Gasteiger charge is -2.07. The number of ketones is 2. The van der Waals surface area contributed by atoms with E-state index in [-0.39, 0.29) is 11.6 Å². The predicted molar refractivity (Wildman–Crippen MR) is 89.2 cm³/mol. The van der Waals surface area contributed by atoms with Crippen molar-refractivity contribution in [3.8, 4) is 0 Å². The van der Waals surface area contributed by atoms with Crippen molar-refractivity contribution in [1.29, 1.82) is 0 Å². The van der Waals surface area contributed by atoms with Gasteiger partial charge >= 0.3 is 0 Å². The Balaban J connectivity index is 2.03. The van der Waals surface area contributed by atoms with Crippen LogP contribution in [0.25, 0.3) is 0 Å². The summed E-state index contributed by atoms with van der Waals surface area (Å²) in [6.07, 6.45) is 0.718. The summed E-state index contributed by atoms with van der Waals surface area (Å²) in [5.41, 5.74) is 3.37. The van der Waals surface area contributed by atoms with Crippen molar-refractivity contribution >= 4 is 11.6 Å². The monoisotopic (exact) mass is 292 g/mol. The van der Waals surface area contributed by atoms with E-state index >= 15 is 0 Å². The van der Waals surface area contributed by atoms with Crippen LogP contribution in [0.15, 0.2) is 71.8 Å². The van der Waals surface area contributed by atoms with Crippen LogP contribution in [0, 0.1) is 0 Å². The minimum Gasteiger partial charge on any atom is -0.294 e. The van der Waals surface area contributed by atoms with E-state index in [9.17, 15) is 9.59 Å². The molecule has 0 aliphatic heterocycles. The van der Waals surface area contributed by atoms with Crippen molar-refractivity contribution in [2.45, 2.75) is 26.7 Å². The third kappa shape index (κ3) is 4.26. The fourth-order valence-electron chi connectivity index (χ4n) is 2.24. The molecule has 0 amide bonds. The lowest BCUT2D eigenvalue weighted by atomic mass is 9.96. The van der Waals surface area contributed by atoms with Gasteiger partial charge in [-0.1, -0.05) is 71.8 Å². The first-order valence-corrected chi connectivity index (χ1v) is 7.39. The first-order chi connectivity index (χ1) is 10.6. The van der Waals surface area contributed by atoms with Crippen LogP contribution in [0.1, 0.15) is 47.4 Å². The molecule has 22 heavy (non-hydrogen) atoms. The lowest BCUT2D eigenvalue weighted by Crippen LogP contribution is -2.04. The second-order valence-corrected chi connectivity index (χ2v) is 5.49. The number of carbonyl (C=O) groups is 2. The summed E-state index contributed by atoms with van der Waals surface area (Å²) in [6, 6.07) is 18.5. The minimum absolute atomic E-state index is 0.0876. The van der Waals surface area contributed by atoms with Crippen LogP contribution in [-0.4, -0.2) is 11.6 Å². The van der Waals surface area contributed by atoms with Crippen molar-refractivity contribution in [3.05, 3.63) is 82.9 Å². The number of carbonyl (C=O) groups excluding carboxylic acids is 2. The highest BCUT2D eigenvalue weighted by Gasteiger charge is 2.11. The quantitative estimate of drug-likeness (QED) is 0.562. The van der Waals surface area contributed by atoms with E-state index < -0.39 is 0 Å². The van der Waals surface area contributed by atoms with Crippen molar-refractivity contribution in [2.24, 2.45) is 0 Å². The topological polar surface area (TPSA) is 34.1 Å². The highest BCUT2D eigenvalue weighted by molar-refractivity contribution is 5.99. The molecule has 2 heteroatoms. The number of allylic oxidation sites excluding steroid dienone is 2. The summed E-state index contributed by atoms with van der Waals surface area (Å²) in [4.78, 5) is 24.4. The Bertz CT molecular complexity index is 621. The summed E-state index contributed by atoms with van der Waals surface area (Å²) >= 11 is 0. The molecule has 112 valence electrons. The zero-order valence-corrected chi connectivity index (χ0v) is 13.0. The Hall–Kier alpha value is -2.48. The van der Waals surface area contributed by atoms with Crippen LogP contribution < -0.4 is 0 Å². The molecule has 0 atom stereocenters. The van der Waals surface area contributed by atoms with E-state index in [1.807, 2.05) is 74.5 Å². The smallest absolute Gasteiger partial charge is 0.166 e. The number of hydrogen-bond donors (Lipinski definition) is 0. The number of hydrogen-bond acceptors (Lipinski definition) is 2. The van der Waals surface area contributed by atoms with E-state index in [4.69, 9.17) is 0 Å². The van der Waals surface area contributed by atoms with Crippen LogP contribution >= 0.6 is 0 Å². The third-order valence-electron chi connectivity index (χ3n) is 3.77. The molecule has 0 aliphatic rings. The van der Waals surface area contributed by atoms with Gasteiger partial charge in [0.05, 0.1) is 0 Å². The van der Waals surface area contributed by atoms with E-state index in [0.29, 0.717) is 24.0 Å². The van der Waals surface area contributed by atoms with Crippen molar-refractivity contribution < 1.29 is 9.59 Å². The molecular formula is C20H20O2. The van der Waals surface area contributed by atoms with Gasteiger partial charge in [-0.15, -0.1) is 0 Å². The van der Waals surface area contributed by atoms with Gasteiger partial charge in [0.1, 0.15) is 0 Å². The zero-order valence-electron chi connectivity index (χ0n) is 13.0. The van der Waals surface area contributed by atoms with Gasteiger partial charge < -0.3 is 0 Å². The van der Waals surface area contributed by atoms with E-state index in [1.54, 1.807) is 0 Å².